The van der Waals surface area contributed by atoms with Crippen LogP contribution in [0.15, 0.2) is 66.2 Å². The minimum absolute atomic E-state index is 0.0521. The van der Waals surface area contributed by atoms with Crippen LogP contribution in [0.5, 0.6) is 0 Å². The number of aromatic nitrogens is 2. The molecule has 2 aromatic carbocycles. The molecule has 6 nitrogen and oxygen atoms in total. The number of alkyl halides is 3. The molecule has 2 aromatic heterocycles. The monoisotopic (exact) mass is 514 g/mol. The van der Waals surface area contributed by atoms with Crippen LogP contribution < -0.4 is 5.32 Å². The van der Waals surface area contributed by atoms with Crippen LogP contribution in [0.3, 0.4) is 0 Å². The lowest BCUT2D eigenvalue weighted by molar-refractivity contribution is -0.137. The number of ether oxygens (including phenoxy) is 1. The standard InChI is InChI=1S/C26H25F3N4O2S/c27-26(28,29)19-8-10-20(11-9-19)30-24(34)32(15-22-7-4-14-35-22)13-12-21-17-36-25-31-23(16-33(21)25)18-5-2-1-3-6-18/h1-3,5-6,8-11,16-17,22H,4,7,12-15H2,(H,30,34). The van der Waals surface area contributed by atoms with Crippen molar-refractivity contribution >= 4 is 28.0 Å². The number of imidazole rings is 1. The summed E-state index contributed by atoms with van der Waals surface area (Å²) in [5.74, 6) is 0. The second kappa shape index (κ2) is 10.3. The van der Waals surface area contributed by atoms with Gasteiger partial charge in [-0.05, 0) is 37.1 Å². The number of anilines is 1. The number of fused-ring (bicyclic) bond motifs is 1. The van der Waals surface area contributed by atoms with E-state index in [0.29, 0.717) is 31.8 Å². The number of benzene rings is 2. The van der Waals surface area contributed by atoms with Crippen LogP contribution in [0, 0.1) is 0 Å². The van der Waals surface area contributed by atoms with E-state index in [1.54, 1.807) is 16.2 Å². The van der Waals surface area contributed by atoms with Gasteiger partial charge in [0.2, 0.25) is 0 Å². The predicted octanol–water partition coefficient (Wildman–Crippen LogP) is 6.34. The lowest BCUT2D eigenvalue weighted by atomic mass is 10.2. The van der Waals surface area contributed by atoms with E-state index in [1.165, 1.54) is 12.1 Å². The summed E-state index contributed by atoms with van der Waals surface area (Å²) in [5, 5.41) is 4.77. The molecule has 5 rings (SSSR count). The van der Waals surface area contributed by atoms with E-state index in [2.05, 4.69) is 5.32 Å². The Morgan fingerprint density at radius 2 is 1.94 bits per heavy atom. The minimum Gasteiger partial charge on any atom is -0.376 e. The third-order valence-corrected chi connectivity index (χ3v) is 7.08. The van der Waals surface area contributed by atoms with Crippen molar-refractivity contribution in [1.29, 1.82) is 0 Å². The fourth-order valence-electron chi connectivity index (χ4n) is 4.26. The Bertz CT molecular complexity index is 1310. The van der Waals surface area contributed by atoms with Crippen LogP contribution >= 0.6 is 11.3 Å². The van der Waals surface area contributed by atoms with Gasteiger partial charge in [-0.1, -0.05) is 30.3 Å². The summed E-state index contributed by atoms with van der Waals surface area (Å²) < 4.78 is 46.4. The molecule has 0 bridgehead atoms. The molecule has 0 saturated carbocycles. The number of hydrogen-bond acceptors (Lipinski definition) is 4. The van der Waals surface area contributed by atoms with E-state index in [4.69, 9.17) is 9.72 Å². The van der Waals surface area contributed by atoms with Crippen molar-refractivity contribution in [3.05, 3.63) is 77.4 Å². The van der Waals surface area contributed by atoms with E-state index in [0.717, 1.165) is 46.9 Å². The van der Waals surface area contributed by atoms with Crippen LogP contribution in [-0.4, -0.2) is 46.1 Å². The van der Waals surface area contributed by atoms with E-state index in [-0.39, 0.29) is 12.1 Å². The van der Waals surface area contributed by atoms with E-state index < -0.39 is 11.7 Å². The van der Waals surface area contributed by atoms with Gasteiger partial charge in [-0.15, -0.1) is 11.3 Å². The summed E-state index contributed by atoms with van der Waals surface area (Å²) in [6, 6.07) is 14.0. The van der Waals surface area contributed by atoms with Crippen molar-refractivity contribution in [2.45, 2.75) is 31.5 Å². The Labute approximate surface area is 210 Å². The minimum atomic E-state index is -4.42. The molecule has 1 N–H and O–H groups in total. The first-order valence-corrected chi connectivity index (χ1v) is 12.6. The predicted molar refractivity (Wildman–Crippen MR) is 133 cm³/mol. The van der Waals surface area contributed by atoms with Gasteiger partial charge in [0, 0.05) is 54.6 Å². The molecule has 0 radical (unpaired) electrons. The van der Waals surface area contributed by atoms with Gasteiger partial charge in [-0.2, -0.15) is 13.2 Å². The van der Waals surface area contributed by atoms with E-state index >= 15 is 0 Å². The maximum Gasteiger partial charge on any atom is 0.416 e. The van der Waals surface area contributed by atoms with Crippen LogP contribution in [0.2, 0.25) is 0 Å². The van der Waals surface area contributed by atoms with Crippen LogP contribution in [0.25, 0.3) is 16.2 Å². The maximum absolute atomic E-state index is 13.1. The first-order valence-electron chi connectivity index (χ1n) is 11.7. The Kier molecular flexibility index (Phi) is 6.97. The molecule has 1 atom stereocenters. The van der Waals surface area contributed by atoms with Gasteiger partial charge in [-0.25, -0.2) is 9.78 Å². The van der Waals surface area contributed by atoms with Crippen LogP contribution in [-0.2, 0) is 17.3 Å². The molecule has 0 aliphatic carbocycles. The number of thiazole rings is 1. The summed E-state index contributed by atoms with van der Waals surface area (Å²) >= 11 is 1.54. The topological polar surface area (TPSA) is 58.9 Å². The number of urea groups is 1. The Morgan fingerprint density at radius 3 is 2.64 bits per heavy atom. The van der Waals surface area contributed by atoms with Crippen molar-refractivity contribution in [1.82, 2.24) is 14.3 Å². The molecule has 0 spiro atoms. The highest BCUT2D eigenvalue weighted by atomic mass is 32.1. The first kappa shape index (κ1) is 24.3. The smallest absolute Gasteiger partial charge is 0.376 e. The second-order valence-corrected chi connectivity index (χ2v) is 9.54. The van der Waals surface area contributed by atoms with Gasteiger partial charge in [0.25, 0.3) is 0 Å². The molecule has 4 aromatic rings. The summed E-state index contributed by atoms with van der Waals surface area (Å²) in [6.45, 7) is 1.51. The Hall–Kier alpha value is -3.37. The van der Waals surface area contributed by atoms with Gasteiger partial charge >= 0.3 is 12.2 Å². The van der Waals surface area contributed by atoms with Crippen molar-refractivity contribution in [3.8, 4) is 11.3 Å². The number of carbonyl (C=O) groups is 1. The third kappa shape index (κ3) is 5.55. The van der Waals surface area contributed by atoms with E-state index in [1.807, 2.05) is 46.3 Å². The number of nitrogens with zero attached hydrogens (tertiary/aromatic N) is 3. The van der Waals surface area contributed by atoms with Crippen LogP contribution in [0.4, 0.5) is 23.7 Å². The average Bonchev–Trinajstić information content (AvgIpc) is 3.60. The van der Waals surface area contributed by atoms with Gasteiger partial charge in [0.05, 0.1) is 17.4 Å². The molecule has 1 aliphatic rings. The highest BCUT2D eigenvalue weighted by Crippen LogP contribution is 2.30. The summed E-state index contributed by atoms with van der Waals surface area (Å²) in [5.41, 5.74) is 2.51. The van der Waals surface area contributed by atoms with Gasteiger partial charge < -0.3 is 15.0 Å². The lowest BCUT2D eigenvalue weighted by Gasteiger charge is -2.26. The zero-order valence-electron chi connectivity index (χ0n) is 19.4. The molecule has 10 heteroatoms. The summed E-state index contributed by atoms with van der Waals surface area (Å²) in [7, 11) is 0. The molecule has 1 aliphatic heterocycles. The second-order valence-electron chi connectivity index (χ2n) is 8.71. The van der Waals surface area contributed by atoms with Crippen molar-refractivity contribution in [2.75, 3.05) is 25.0 Å². The number of rotatable bonds is 7. The fraction of sp³-hybridized carbons (Fsp3) is 0.308. The zero-order chi connectivity index (χ0) is 25.1. The number of nitrogens with one attached hydrogen (secondary N) is 1. The van der Waals surface area contributed by atoms with Crippen molar-refractivity contribution in [2.24, 2.45) is 0 Å². The number of amides is 2. The number of carbonyl (C=O) groups excluding carboxylic acids is 1. The molecular formula is C26H25F3N4O2S. The number of halogens is 3. The normalized spacial score (nSPS) is 15.9. The molecule has 2 amide bonds. The van der Waals surface area contributed by atoms with Crippen LogP contribution in [0.1, 0.15) is 24.1 Å². The van der Waals surface area contributed by atoms with Crippen molar-refractivity contribution < 1.29 is 22.7 Å². The average molecular weight is 515 g/mol. The zero-order valence-corrected chi connectivity index (χ0v) is 20.2. The summed E-state index contributed by atoms with van der Waals surface area (Å²) in [6.07, 6.45) is -0.0609. The molecule has 1 unspecified atom stereocenters. The molecule has 3 heterocycles. The Balaban J connectivity index is 1.30. The lowest BCUT2D eigenvalue weighted by Crippen LogP contribution is -2.41. The first-order chi connectivity index (χ1) is 17.4. The van der Waals surface area contributed by atoms with Crippen molar-refractivity contribution in [3.63, 3.8) is 0 Å². The summed E-state index contributed by atoms with van der Waals surface area (Å²) in [4.78, 5) is 20.4. The maximum atomic E-state index is 13.1. The SMILES string of the molecule is O=C(Nc1ccc(C(F)(F)F)cc1)N(CCc1csc2nc(-c3ccccc3)cn12)CC1CCCO1. The van der Waals surface area contributed by atoms with Gasteiger partial charge in [-0.3, -0.25) is 4.40 Å². The van der Waals surface area contributed by atoms with E-state index in [9.17, 15) is 18.0 Å². The third-order valence-electron chi connectivity index (χ3n) is 6.19. The largest absolute Gasteiger partial charge is 0.416 e. The fourth-order valence-corrected chi connectivity index (χ4v) is 5.17. The molecule has 36 heavy (non-hydrogen) atoms. The number of hydrogen-bond donors (Lipinski definition) is 1. The molecular weight excluding hydrogens is 489 g/mol. The van der Waals surface area contributed by atoms with Gasteiger partial charge in [0.15, 0.2) is 4.96 Å². The Morgan fingerprint density at radius 1 is 1.17 bits per heavy atom. The highest BCUT2D eigenvalue weighted by Gasteiger charge is 2.30. The molecule has 1 fully saturated rings. The molecule has 188 valence electrons. The van der Waals surface area contributed by atoms with Gasteiger partial charge in [0.1, 0.15) is 0 Å². The quantitative estimate of drug-likeness (QED) is 0.313. The molecule has 1 saturated heterocycles. The highest BCUT2D eigenvalue weighted by molar-refractivity contribution is 7.15.